The van der Waals surface area contributed by atoms with Crippen molar-refractivity contribution >= 4 is 71.3 Å². The van der Waals surface area contributed by atoms with Crippen LogP contribution < -0.4 is 31.9 Å². The third-order valence-electron chi connectivity index (χ3n) is 16.5. The van der Waals surface area contributed by atoms with Gasteiger partial charge in [0.25, 0.3) is 0 Å². The summed E-state index contributed by atoms with van der Waals surface area (Å²) in [6.07, 6.45) is 8.49. The number of carbonyl (C=O) groups is 5. The van der Waals surface area contributed by atoms with Crippen LogP contribution in [0, 0.1) is 28.6 Å². The van der Waals surface area contributed by atoms with Gasteiger partial charge in [-0.3, -0.25) is 23.4 Å². The molecular weight excluding hydrogens is 1350 g/mol. The molecule has 0 saturated carbocycles. The molecule has 539 valence electrons. The van der Waals surface area contributed by atoms with E-state index in [9.17, 15) is 38.4 Å². The van der Waals surface area contributed by atoms with Gasteiger partial charge in [-0.1, -0.05) is 32.1 Å². The van der Waals surface area contributed by atoms with Gasteiger partial charge in [0.15, 0.2) is 8.32 Å². The minimum absolute atomic E-state index is 0.0000976. The van der Waals surface area contributed by atoms with Gasteiger partial charge in [0.05, 0.1) is 39.2 Å². The molecule has 12 atom stereocenters. The quantitative estimate of drug-likeness (QED) is 0.0109. The predicted octanol–water partition coefficient (Wildman–Crippen LogP) is 8.59. The van der Waals surface area contributed by atoms with Gasteiger partial charge in [0, 0.05) is 63.1 Å². The summed E-state index contributed by atoms with van der Waals surface area (Å²) in [7, 11) is -8.88. The average molecular weight is 1460 g/mol. The van der Waals surface area contributed by atoms with E-state index in [0.717, 1.165) is 108 Å². The van der Waals surface area contributed by atoms with Gasteiger partial charge in [-0.05, 0) is 110 Å². The van der Waals surface area contributed by atoms with Crippen molar-refractivity contribution in [2.24, 2.45) is 14.9 Å². The Balaban J connectivity index is 0.935. The summed E-state index contributed by atoms with van der Waals surface area (Å²) >= 11 is 3.81. The van der Waals surface area contributed by atoms with Crippen LogP contribution in [0.15, 0.2) is 8.95 Å². The van der Waals surface area contributed by atoms with Crippen LogP contribution in [0.2, 0.25) is 19.1 Å². The number of thioether (sulfide) groups is 1. The number of fused-ring (bicyclic) bond motifs is 1. The van der Waals surface area contributed by atoms with Gasteiger partial charge in [0.1, 0.15) is 0 Å². The van der Waals surface area contributed by atoms with E-state index in [4.69, 9.17) is 57.5 Å². The maximum absolute atomic E-state index is 14.5. The van der Waals surface area contributed by atoms with Crippen molar-refractivity contribution in [3.63, 3.8) is 0 Å². The molecule has 5 heterocycles. The zero-order valence-electron chi connectivity index (χ0n) is 57.7. The van der Waals surface area contributed by atoms with Crippen molar-refractivity contribution < 1.29 is 97.6 Å². The molecule has 0 aliphatic carbocycles. The molecule has 0 aromatic carbocycles. The molecule has 5 aliphatic rings. The number of nitriles is 2. The number of phosphoric acid groups is 2. The number of carbonyl (C=O) groups excluding carboxylic acids is 5. The fourth-order valence-electron chi connectivity index (χ4n) is 11.6. The van der Waals surface area contributed by atoms with E-state index >= 15 is 0 Å². The number of unbranched alkanes of at least 4 members (excludes halogenated alkanes) is 8. The van der Waals surface area contributed by atoms with Crippen LogP contribution in [0.4, 0.5) is 9.59 Å². The number of amides is 7. The molecule has 0 spiro atoms. The van der Waals surface area contributed by atoms with Crippen LogP contribution in [-0.4, -0.2) is 206 Å². The molecule has 0 bridgehead atoms. The normalized spacial score (nSPS) is 25.2. The van der Waals surface area contributed by atoms with Gasteiger partial charge >= 0.3 is 225 Å². The molecular formula is C61H108N12O17P2SSiV. The van der Waals surface area contributed by atoms with E-state index < -0.39 is 73.8 Å². The average Bonchev–Trinajstić information content (AvgIpc) is 1.62. The van der Waals surface area contributed by atoms with Gasteiger partial charge in [-0.15, -0.1) is 0 Å². The molecule has 95 heavy (non-hydrogen) atoms. The van der Waals surface area contributed by atoms with Gasteiger partial charge in [-0.2, -0.15) is 17.0 Å². The SMILES string of the molecule is [3H]C1CC(OP(=O)(OCCC#N)OCCCNCCC[Si](C)(C)OC(C)C)C(COP(=O)(OCCC#N)OC2CC(N3CC(C)C(=NCCCCCCNC(=O)CCCCCNC(=O)CCCCCN(C)C(=O)CCCCC4SCC5NC(=O)NC54)NC3=O)OC2CO[N]=[V])O1. The Kier molecular flexibility index (Phi) is 38.5. The first-order valence-electron chi connectivity index (χ1n) is 34.7. The third kappa shape index (κ3) is 32.2. The summed E-state index contributed by atoms with van der Waals surface area (Å²) in [5.74, 6) is 1.45. The van der Waals surface area contributed by atoms with Crippen molar-refractivity contribution in [2.75, 3.05) is 98.2 Å². The second kappa shape index (κ2) is 45.4. The van der Waals surface area contributed by atoms with Crippen LogP contribution >= 0.6 is 27.4 Å². The topological polar surface area (TPSA) is 363 Å². The van der Waals surface area contributed by atoms with E-state index in [0.29, 0.717) is 69.5 Å². The zero-order valence-corrected chi connectivity index (χ0v) is 61.7. The molecule has 34 heteroatoms. The number of hydrogen-bond acceptors (Lipinski definition) is 23. The van der Waals surface area contributed by atoms with Gasteiger partial charge in [0.2, 0.25) is 17.7 Å². The van der Waals surface area contributed by atoms with Crippen LogP contribution in [0.25, 0.3) is 0 Å². The van der Waals surface area contributed by atoms with Crippen molar-refractivity contribution in [1.82, 2.24) is 41.7 Å². The summed E-state index contributed by atoms with van der Waals surface area (Å²) in [6.45, 7) is 11.8. The Morgan fingerprint density at radius 2 is 1.46 bits per heavy atom. The molecule has 6 N–H and O–H groups in total. The van der Waals surface area contributed by atoms with E-state index in [2.05, 4.69) is 48.9 Å². The molecule has 5 aliphatic heterocycles. The number of phosphoric ester groups is 2. The number of rotatable bonds is 52. The van der Waals surface area contributed by atoms with Crippen molar-refractivity contribution in [2.45, 2.75) is 235 Å². The second-order valence-electron chi connectivity index (χ2n) is 25.4. The summed E-state index contributed by atoms with van der Waals surface area (Å²) in [6, 6.07) is 4.73. The van der Waals surface area contributed by atoms with Crippen molar-refractivity contribution in [1.29, 1.82) is 10.5 Å². The van der Waals surface area contributed by atoms with Crippen LogP contribution in [0.5, 0.6) is 0 Å². The fraction of sp³-hybridized carbons (Fsp3) is 0.869. The fourth-order valence-corrected chi connectivity index (χ4v) is 18.5. The first-order chi connectivity index (χ1) is 46.0. The molecule has 0 radical (unpaired) electrons. The first-order valence-corrected chi connectivity index (χ1v) is 41.8. The van der Waals surface area contributed by atoms with E-state index in [1.54, 1.807) is 4.90 Å². The maximum atomic E-state index is 14.5. The van der Waals surface area contributed by atoms with Crippen LogP contribution in [-0.2, 0) is 86.6 Å². The van der Waals surface area contributed by atoms with Crippen LogP contribution in [0.1, 0.15) is 163 Å². The Hall–Kier alpha value is -3.43. The van der Waals surface area contributed by atoms with Crippen molar-refractivity contribution in [3.05, 3.63) is 0 Å². The molecule has 0 aromatic rings. The molecule has 29 nitrogen and oxygen atoms in total. The first kappa shape index (κ1) is 80.5. The summed E-state index contributed by atoms with van der Waals surface area (Å²) < 4.78 is 93.4. The molecule has 5 fully saturated rings. The Labute approximate surface area is 578 Å². The predicted molar refractivity (Wildman–Crippen MR) is 356 cm³/mol. The number of hydrogen-bond donors (Lipinski definition) is 6. The van der Waals surface area contributed by atoms with Crippen LogP contribution in [0.3, 0.4) is 0 Å². The second-order valence-corrected chi connectivity index (χ2v) is 34.4. The van der Waals surface area contributed by atoms with E-state index in [-0.39, 0.29) is 107 Å². The molecule has 5 rings (SSSR count). The molecule has 0 aromatic heterocycles. The molecule has 12 unspecified atom stereocenters. The number of ether oxygens (including phenoxy) is 2. The minimum atomic E-state index is -4.62. The standard InChI is InChI=1S/C61H108N12O17P2SSi.V/c1-46(2)90-94(5,6)40-22-31-65-30-21-38-85-91(79,83-36-19-28-62)88-49-27-39-81-51(49)44-86-92(80,84-37-20-29-63)89-50-41-57(87-52(50)43-82-64)73-42-47(3)59(71-61(73)78)68-34-16-8-7-15-32-66-54(74)24-11-9-17-33-67-55(75)25-12-10-18-35-72(4)56(76)26-14-13-23-53-58-48(45-93-53)69-60(77)70-58;/h46-53,57-58,65H,7-27,30-45H2,1-6H3,(H,66,74)(H,67,75)(H,68,71,78)(H2,69,70,77);/i39T;. The van der Waals surface area contributed by atoms with E-state index in [1.807, 2.05) is 69.0 Å². The monoisotopic (exact) mass is 1460 g/mol. The van der Waals surface area contributed by atoms with Gasteiger partial charge in [-0.25, -0.2) is 9.36 Å². The summed E-state index contributed by atoms with van der Waals surface area (Å²) in [5.41, 5.74) is 0. The number of aliphatic imine (C=N–C) groups is 1. The Morgan fingerprint density at radius 1 is 0.821 bits per heavy atom. The van der Waals surface area contributed by atoms with Gasteiger partial charge < -0.3 is 35.9 Å². The Bertz CT molecular complexity index is 2630. The zero-order chi connectivity index (χ0) is 69.8. The molecule has 5 saturated heterocycles. The number of urea groups is 2. The summed E-state index contributed by atoms with van der Waals surface area (Å²) in [4.78, 5) is 76.1. The van der Waals surface area contributed by atoms with E-state index in [1.165, 1.54) is 4.90 Å². The molecule has 7 amide bonds. The summed E-state index contributed by atoms with van der Waals surface area (Å²) in [5, 5.41) is 37.1. The number of amidine groups is 1. The number of nitrogens with one attached hydrogen (secondary N) is 6. The van der Waals surface area contributed by atoms with Crippen molar-refractivity contribution in [3.8, 4) is 12.1 Å². The Morgan fingerprint density at radius 3 is 2.16 bits per heavy atom. The number of nitrogens with zero attached hydrogens (tertiary/aromatic N) is 6. The third-order valence-corrected chi connectivity index (χ3v) is 23.9.